The van der Waals surface area contributed by atoms with Crippen molar-refractivity contribution in [2.24, 2.45) is 0 Å². The second kappa shape index (κ2) is 5.49. The van der Waals surface area contributed by atoms with Crippen molar-refractivity contribution in [2.75, 3.05) is 18.1 Å². The van der Waals surface area contributed by atoms with Crippen molar-refractivity contribution in [3.63, 3.8) is 0 Å². The molecule has 3 heterocycles. The highest BCUT2D eigenvalue weighted by atomic mass is 32.2. The van der Waals surface area contributed by atoms with Gasteiger partial charge in [-0.15, -0.1) is 0 Å². The molecule has 94 valence electrons. The highest BCUT2D eigenvalue weighted by Crippen LogP contribution is 2.20. The van der Waals surface area contributed by atoms with E-state index in [2.05, 4.69) is 20.4 Å². The maximum Gasteiger partial charge on any atom is 0.244 e. The quantitative estimate of drug-likeness (QED) is 0.903. The molecular weight excluding hydrogens is 248 g/mol. The lowest BCUT2D eigenvalue weighted by Gasteiger charge is -2.19. The van der Waals surface area contributed by atoms with Crippen LogP contribution in [0.4, 0.5) is 0 Å². The Morgan fingerprint density at radius 3 is 3.22 bits per heavy atom. The van der Waals surface area contributed by atoms with Crippen LogP contribution in [0.1, 0.15) is 23.5 Å². The minimum atomic E-state index is 0.189. The van der Waals surface area contributed by atoms with Gasteiger partial charge in [0.15, 0.2) is 5.82 Å². The molecule has 6 heteroatoms. The SMILES string of the molecule is c1ccc(Cc2noc(C3CSCCN3)n2)nc1. The molecule has 1 fully saturated rings. The molecular formula is C12H14N4OS. The molecule has 0 amide bonds. The fourth-order valence-electron chi connectivity index (χ4n) is 1.87. The first-order chi connectivity index (χ1) is 8.92. The zero-order valence-electron chi connectivity index (χ0n) is 9.87. The predicted molar refractivity (Wildman–Crippen MR) is 69.4 cm³/mol. The zero-order valence-corrected chi connectivity index (χ0v) is 10.7. The van der Waals surface area contributed by atoms with Gasteiger partial charge in [0.1, 0.15) is 0 Å². The van der Waals surface area contributed by atoms with Crippen LogP contribution in [0.25, 0.3) is 0 Å². The summed E-state index contributed by atoms with van der Waals surface area (Å²) in [4.78, 5) is 8.69. The first kappa shape index (κ1) is 11.7. The Morgan fingerprint density at radius 2 is 2.44 bits per heavy atom. The Kier molecular flexibility index (Phi) is 3.56. The molecule has 1 aliphatic heterocycles. The second-order valence-electron chi connectivity index (χ2n) is 4.13. The Hall–Kier alpha value is -1.40. The van der Waals surface area contributed by atoms with E-state index in [1.165, 1.54) is 0 Å². The molecule has 0 radical (unpaired) electrons. The van der Waals surface area contributed by atoms with E-state index in [0.29, 0.717) is 18.1 Å². The number of thioether (sulfide) groups is 1. The largest absolute Gasteiger partial charge is 0.338 e. The van der Waals surface area contributed by atoms with Gasteiger partial charge in [-0.05, 0) is 12.1 Å². The molecule has 1 aliphatic rings. The van der Waals surface area contributed by atoms with Gasteiger partial charge < -0.3 is 9.84 Å². The zero-order chi connectivity index (χ0) is 12.2. The molecule has 0 aromatic carbocycles. The third-order valence-electron chi connectivity index (χ3n) is 2.77. The van der Waals surface area contributed by atoms with Crippen molar-refractivity contribution in [3.05, 3.63) is 41.8 Å². The van der Waals surface area contributed by atoms with Crippen molar-refractivity contribution >= 4 is 11.8 Å². The van der Waals surface area contributed by atoms with E-state index in [1.54, 1.807) is 6.20 Å². The van der Waals surface area contributed by atoms with E-state index >= 15 is 0 Å². The number of nitrogens with one attached hydrogen (secondary N) is 1. The van der Waals surface area contributed by atoms with E-state index in [0.717, 1.165) is 23.7 Å². The van der Waals surface area contributed by atoms with E-state index in [4.69, 9.17) is 4.52 Å². The van der Waals surface area contributed by atoms with Crippen LogP contribution < -0.4 is 5.32 Å². The van der Waals surface area contributed by atoms with Gasteiger partial charge in [-0.2, -0.15) is 16.7 Å². The molecule has 0 saturated carbocycles. The van der Waals surface area contributed by atoms with Crippen molar-refractivity contribution in [1.29, 1.82) is 0 Å². The van der Waals surface area contributed by atoms with Crippen molar-refractivity contribution < 1.29 is 4.52 Å². The van der Waals surface area contributed by atoms with E-state index < -0.39 is 0 Å². The summed E-state index contributed by atoms with van der Waals surface area (Å²) in [7, 11) is 0. The van der Waals surface area contributed by atoms with Crippen LogP contribution in [0.3, 0.4) is 0 Å². The predicted octanol–water partition coefficient (Wildman–Crippen LogP) is 1.43. The third kappa shape index (κ3) is 2.70. The van der Waals surface area contributed by atoms with Crippen LogP contribution in [0, 0.1) is 0 Å². The minimum Gasteiger partial charge on any atom is -0.338 e. The average Bonchev–Trinajstić information content (AvgIpc) is 2.89. The number of pyridine rings is 1. The molecule has 2 aromatic heterocycles. The van der Waals surface area contributed by atoms with Gasteiger partial charge in [0.05, 0.1) is 12.5 Å². The van der Waals surface area contributed by atoms with Crippen molar-refractivity contribution in [2.45, 2.75) is 12.5 Å². The summed E-state index contributed by atoms with van der Waals surface area (Å²) in [6.45, 7) is 0.993. The van der Waals surface area contributed by atoms with Gasteiger partial charge in [0.2, 0.25) is 5.89 Å². The summed E-state index contributed by atoms with van der Waals surface area (Å²) in [6.07, 6.45) is 2.39. The lowest BCUT2D eigenvalue weighted by atomic mass is 10.2. The number of nitrogens with zero attached hydrogens (tertiary/aromatic N) is 3. The fourth-order valence-corrected chi connectivity index (χ4v) is 2.79. The van der Waals surface area contributed by atoms with Crippen LogP contribution in [-0.2, 0) is 6.42 Å². The second-order valence-corrected chi connectivity index (χ2v) is 5.28. The van der Waals surface area contributed by atoms with Gasteiger partial charge >= 0.3 is 0 Å². The molecule has 0 aliphatic carbocycles. The number of rotatable bonds is 3. The highest BCUT2D eigenvalue weighted by Gasteiger charge is 2.21. The molecule has 1 unspecified atom stereocenters. The topological polar surface area (TPSA) is 63.8 Å². The van der Waals surface area contributed by atoms with E-state index in [1.807, 2.05) is 30.0 Å². The summed E-state index contributed by atoms with van der Waals surface area (Å²) in [5.74, 6) is 3.52. The smallest absolute Gasteiger partial charge is 0.244 e. The molecule has 1 atom stereocenters. The van der Waals surface area contributed by atoms with Gasteiger partial charge in [-0.25, -0.2) is 0 Å². The maximum absolute atomic E-state index is 5.31. The Morgan fingerprint density at radius 1 is 1.44 bits per heavy atom. The van der Waals surface area contributed by atoms with Crippen LogP contribution in [0.5, 0.6) is 0 Å². The standard InChI is InChI=1S/C12H14N4OS/c1-2-4-13-9(3-1)7-11-15-12(17-16-11)10-8-18-6-5-14-10/h1-4,10,14H,5-8H2. The maximum atomic E-state index is 5.31. The van der Waals surface area contributed by atoms with Crippen LogP contribution in [0.2, 0.25) is 0 Å². The Labute approximate surface area is 109 Å². The van der Waals surface area contributed by atoms with E-state index in [9.17, 15) is 0 Å². The molecule has 5 nitrogen and oxygen atoms in total. The number of hydrogen-bond acceptors (Lipinski definition) is 6. The number of hydrogen-bond donors (Lipinski definition) is 1. The molecule has 3 rings (SSSR count). The van der Waals surface area contributed by atoms with Gasteiger partial charge in [0, 0.05) is 29.9 Å². The molecule has 2 aromatic rings. The van der Waals surface area contributed by atoms with Gasteiger partial charge in [0.25, 0.3) is 0 Å². The summed E-state index contributed by atoms with van der Waals surface area (Å²) >= 11 is 1.91. The third-order valence-corrected chi connectivity index (χ3v) is 3.83. The average molecular weight is 262 g/mol. The lowest BCUT2D eigenvalue weighted by molar-refractivity contribution is 0.339. The fraction of sp³-hybridized carbons (Fsp3) is 0.417. The first-order valence-corrected chi connectivity index (χ1v) is 7.11. The summed E-state index contributed by atoms with van der Waals surface area (Å²) in [5.41, 5.74) is 0.954. The van der Waals surface area contributed by atoms with Crippen LogP contribution in [-0.4, -0.2) is 33.2 Å². The van der Waals surface area contributed by atoms with Crippen molar-refractivity contribution in [3.8, 4) is 0 Å². The van der Waals surface area contributed by atoms with Crippen LogP contribution in [0.15, 0.2) is 28.9 Å². The monoisotopic (exact) mass is 262 g/mol. The first-order valence-electron chi connectivity index (χ1n) is 5.95. The molecule has 0 spiro atoms. The van der Waals surface area contributed by atoms with E-state index in [-0.39, 0.29) is 6.04 Å². The summed E-state index contributed by atoms with van der Waals surface area (Å²) in [5, 5.41) is 7.39. The molecule has 1 N–H and O–H groups in total. The Balaban J connectivity index is 1.69. The van der Waals surface area contributed by atoms with Gasteiger partial charge in [-0.3, -0.25) is 4.98 Å². The normalized spacial score (nSPS) is 19.9. The highest BCUT2D eigenvalue weighted by molar-refractivity contribution is 7.99. The Bertz CT molecular complexity index is 496. The lowest BCUT2D eigenvalue weighted by Crippen LogP contribution is -2.30. The minimum absolute atomic E-state index is 0.189. The molecule has 1 saturated heterocycles. The number of aromatic nitrogens is 3. The van der Waals surface area contributed by atoms with Gasteiger partial charge in [-0.1, -0.05) is 11.2 Å². The van der Waals surface area contributed by atoms with Crippen LogP contribution >= 0.6 is 11.8 Å². The molecule has 18 heavy (non-hydrogen) atoms. The van der Waals surface area contributed by atoms with Crippen molar-refractivity contribution in [1.82, 2.24) is 20.4 Å². The summed E-state index contributed by atoms with van der Waals surface area (Å²) < 4.78 is 5.31. The summed E-state index contributed by atoms with van der Waals surface area (Å²) in [6, 6.07) is 6.01. The molecule has 0 bridgehead atoms.